The first-order valence-corrected chi connectivity index (χ1v) is 11.5. The van der Waals surface area contributed by atoms with Gasteiger partial charge in [0.15, 0.2) is 10.9 Å². The van der Waals surface area contributed by atoms with Crippen molar-refractivity contribution >= 4 is 34.8 Å². The fourth-order valence-electron chi connectivity index (χ4n) is 3.94. The normalized spacial score (nSPS) is 12.9. The fourth-order valence-corrected chi connectivity index (χ4v) is 4.64. The van der Waals surface area contributed by atoms with Crippen LogP contribution in [0.15, 0.2) is 52.2 Å². The van der Waals surface area contributed by atoms with E-state index in [1.807, 2.05) is 6.07 Å². The standard InChI is InChI=1S/C23H16Cl3N5O3/c24-17-8-15(31-23(33)28-20(32)11-27-31)9-18(25)21(17)34-22-16(10-19(26)29-30-22)14-6-5-12-3-1-2-4-13(12)7-14/h5-11H,1-4H2,(H,28,32,33). The van der Waals surface area contributed by atoms with Crippen molar-refractivity contribution in [2.45, 2.75) is 25.7 Å². The second-order valence-corrected chi connectivity index (χ2v) is 8.97. The second-order valence-electron chi connectivity index (χ2n) is 7.77. The number of nitrogens with one attached hydrogen (secondary N) is 1. The summed E-state index contributed by atoms with van der Waals surface area (Å²) in [6, 6.07) is 10.8. The summed E-state index contributed by atoms with van der Waals surface area (Å²) < 4.78 is 6.96. The van der Waals surface area contributed by atoms with Crippen LogP contribution in [0.2, 0.25) is 15.2 Å². The maximum Gasteiger partial charge on any atom is 0.349 e. The number of ether oxygens (including phenoxy) is 1. The molecule has 0 atom stereocenters. The topological polar surface area (TPSA) is 103 Å². The minimum absolute atomic E-state index is 0.107. The third-order valence-electron chi connectivity index (χ3n) is 5.53. The van der Waals surface area contributed by atoms with Crippen LogP contribution >= 0.6 is 34.8 Å². The van der Waals surface area contributed by atoms with Crippen LogP contribution in [0.4, 0.5) is 0 Å². The van der Waals surface area contributed by atoms with Gasteiger partial charge in [-0.15, -0.1) is 10.2 Å². The Hall–Kier alpha value is -3.20. The molecule has 2 aromatic heterocycles. The van der Waals surface area contributed by atoms with Crippen LogP contribution in [-0.2, 0) is 12.8 Å². The number of hydrogen-bond donors (Lipinski definition) is 1. The van der Waals surface area contributed by atoms with Crippen LogP contribution < -0.4 is 16.0 Å². The van der Waals surface area contributed by atoms with Gasteiger partial charge in [0.1, 0.15) is 6.20 Å². The maximum atomic E-state index is 12.1. The summed E-state index contributed by atoms with van der Waals surface area (Å²) in [6.45, 7) is 0. The van der Waals surface area contributed by atoms with Crippen molar-refractivity contribution in [2.75, 3.05) is 0 Å². The van der Waals surface area contributed by atoms with Gasteiger partial charge in [-0.2, -0.15) is 9.78 Å². The number of aromatic amines is 1. The molecule has 4 aromatic rings. The molecule has 5 rings (SSSR count). The van der Waals surface area contributed by atoms with Crippen molar-refractivity contribution in [1.82, 2.24) is 25.0 Å². The number of aromatic nitrogens is 5. The van der Waals surface area contributed by atoms with Crippen molar-refractivity contribution in [2.24, 2.45) is 0 Å². The molecule has 1 aliphatic rings. The molecule has 0 saturated carbocycles. The Kier molecular flexibility index (Phi) is 6.12. The number of rotatable bonds is 4. The summed E-state index contributed by atoms with van der Waals surface area (Å²) in [4.78, 5) is 25.5. The predicted molar refractivity (Wildman–Crippen MR) is 130 cm³/mol. The van der Waals surface area contributed by atoms with Crippen molar-refractivity contribution in [3.63, 3.8) is 0 Å². The molecule has 2 aromatic carbocycles. The molecule has 8 nitrogen and oxygen atoms in total. The van der Waals surface area contributed by atoms with Crippen molar-refractivity contribution < 1.29 is 4.74 Å². The lowest BCUT2D eigenvalue weighted by molar-refractivity contribution is 0.457. The highest BCUT2D eigenvalue weighted by Crippen LogP contribution is 2.41. The van der Waals surface area contributed by atoms with Gasteiger partial charge in [-0.1, -0.05) is 53.0 Å². The minimum Gasteiger partial charge on any atom is -0.434 e. The molecule has 2 heterocycles. The van der Waals surface area contributed by atoms with E-state index >= 15 is 0 Å². The number of hydrogen-bond acceptors (Lipinski definition) is 6. The zero-order valence-corrected chi connectivity index (χ0v) is 19.8. The summed E-state index contributed by atoms with van der Waals surface area (Å²) in [5.74, 6) is 0.302. The Labute approximate surface area is 208 Å². The van der Waals surface area contributed by atoms with Crippen molar-refractivity contribution in [1.29, 1.82) is 0 Å². The highest BCUT2D eigenvalue weighted by molar-refractivity contribution is 6.37. The molecule has 0 radical (unpaired) electrons. The zero-order valence-electron chi connectivity index (χ0n) is 17.5. The number of aryl methyl sites for hydroxylation is 2. The predicted octanol–water partition coefficient (Wildman–Crippen LogP) is 5.01. The number of fused-ring (bicyclic) bond motifs is 1. The van der Waals surface area contributed by atoms with Crippen LogP contribution in [0.1, 0.15) is 24.0 Å². The van der Waals surface area contributed by atoms with Crippen LogP contribution in [-0.4, -0.2) is 25.0 Å². The summed E-state index contributed by atoms with van der Waals surface area (Å²) in [6.07, 6.45) is 5.40. The van der Waals surface area contributed by atoms with Crippen molar-refractivity contribution in [3.05, 3.63) is 89.8 Å². The first-order valence-electron chi connectivity index (χ1n) is 10.4. The lowest BCUT2D eigenvalue weighted by atomic mass is 9.89. The lowest BCUT2D eigenvalue weighted by Gasteiger charge is -2.18. The van der Waals surface area contributed by atoms with E-state index in [1.165, 1.54) is 29.7 Å². The van der Waals surface area contributed by atoms with Gasteiger partial charge in [-0.25, -0.2) is 4.79 Å². The zero-order chi connectivity index (χ0) is 23.8. The highest BCUT2D eigenvalue weighted by atomic mass is 35.5. The quantitative estimate of drug-likeness (QED) is 0.409. The fraction of sp³-hybridized carbons (Fsp3) is 0.174. The van der Waals surface area contributed by atoms with Gasteiger partial charge >= 0.3 is 5.69 Å². The van der Waals surface area contributed by atoms with Gasteiger partial charge in [-0.05, 0) is 60.6 Å². The Morgan fingerprint density at radius 1 is 0.912 bits per heavy atom. The van der Waals surface area contributed by atoms with E-state index in [2.05, 4.69) is 32.4 Å². The molecule has 34 heavy (non-hydrogen) atoms. The van der Waals surface area contributed by atoms with Gasteiger partial charge in [0.05, 0.1) is 15.7 Å². The number of H-pyrrole nitrogens is 1. The van der Waals surface area contributed by atoms with E-state index in [0.29, 0.717) is 5.56 Å². The largest absolute Gasteiger partial charge is 0.434 e. The van der Waals surface area contributed by atoms with E-state index in [-0.39, 0.29) is 32.5 Å². The maximum absolute atomic E-state index is 12.1. The van der Waals surface area contributed by atoms with E-state index in [0.717, 1.165) is 35.7 Å². The van der Waals surface area contributed by atoms with Crippen LogP contribution in [0.25, 0.3) is 16.8 Å². The molecule has 172 valence electrons. The number of halogens is 3. The number of benzene rings is 2. The first kappa shape index (κ1) is 22.6. The van der Waals surface area contributed by atoms with Crippen LogP contribution in [0, 0.1) is 0 Å². The molecule has 0 fully saturated rings. The second kappa shape index (κ2) is 9.21. The molecule has 0 bridgehead atoms. The van der Waals surface area contributed by atoms with Gasteiger partial charge in [0.25, 0.3) is 5.56 Å². The molecular weight excluding hydrogens is 501 g/mol. The SMILES string of the molecule is O=c1cnn(-c2cc(Cl)c(Oc3nnc(Cl)cc3-c3ccc4c(c3)CCCC4)c(Cl)c2)c(=O)[nH]1. The molecule has 1 N–H and O–H groups in total. The van der Waals surface area contributed by atoms with Gasteiger partial charge in [0, 0.05) is 5.56 Å². The average molecular weight is 517 g/mol. The van der Waals surface area contributed by atoms with Gasteiger partial charge in [0.2, 0.25) is 5.88 Å². The van der Waals surface area contributed by atoms with E-state index < -0.39 is 11.2 Å². The highest BCUT2D eigenvalue weighted by Gasteiger charge is 2.19. The summed E-state index contributed by atoms with van der Waals surface area (Å²) in [5.41, 5.74) is 3.07. The average Bonchev–Trinajstić information content (AvgIpc) is 2.81. The molecule has 0 spiro atoms. The van der Waals surface area contributed by atoms with E-state index in [9.17, 15) is 9.59 Å². The van der Waals surface area contributed by atoms with Crippen molar-refractivity contribution in [3.8, 4) is 28.4 Å². The molecule has 0 unspecified atom stereocenters. The smallest absolute Gasteiger partial charge is 0.349 e. The first-order chi connectivity index (χ1) is 16.4. The van der Waals surface area contributed by atoms with Crippen LogP contribution in [0.3, 0.4) is 0 Å². The van der Waals surface area contributed by atoms with Crippen LogP contribution in [0.5, 0.6) is 11.6 Å². The summed E-state index contributed by atoms with van der Waals surface area (Å²) in [7, 11) is 0. The number of nitrogens with zero attached hydrogens (tertiary/aromatic N) is 4. The minimum atomic E-state index is -0.730. The lowest BCUT2D eigenvalue weighted by Crippen LogP contribution is -2.30. The van der Waals surface area contributed by atoms with Gasteiger partial charge < -0.3 is 4.74 Å². The Morgan fingerprint density at radius 3 is 2.38 bits per heavy atom. The summed E-state index contributed by atoms with van der Waals surface area (Å²) in [5, 5.41) is 12.3. The molecular formula is C23H16Cl3N5O3. The Bertz CT molecular complexity index is 1510. The van der Waals surface area contributed by atoms with E-state index in [4.69, 9.17) is 39.5 Å². The monoisotopic (exact) mass is 515 g/mol. The Balaban J connectivity index is 1.54. The summed E-state index contributed by atoms with van der Waals surface area (Å²) >= 11 is 19.0. The van der Waals surface area contributed by atoms with Gasteiger partial charge in [-0.3, -0.25) is 9.78 Å². The Morgan fingerprint density at radius 2 is 1.65 bits per heavy atom. The third-order valence-corrected chi connectivity index (χ3v) is 6.28. The van der Waals surface area contributed by atoms with E-state index in [1.54, 1.807) is 6.07 Å². The molecule has 0 aliphatic heterocycles. The molecule has 0 saturated heterocycles. The molecule has 11 heteroatoms. The molecule has 1 aliphatic carbocycles. The third kappa shape index (κ3) is 4.44. The molecule has 0 amide bonds.